The van der Waals surface area contributed by atoms with E-state index in [0.717, 1.165) is 17.6 Å². The maximum Gasteiger partial charge on any atom is 0.0668 e. The highest BCUT2D eigenvalue weighted by Crippen LogP contribution is 2.40. The Hall–Kier alpha value is -1.68. The van der Waals surface area contributed by atoms with Gasteiger partial charge in [-0.3, -0.25) is 0 Å². The van der Waals surface area contributed by atoms with Crippen molar-refractivity contribution in [3.63, 3.8) is 0 Å². The summed E-state index contributed by atoms with van der Waals surface area (Å²) in [6.45, 7) is 1.70. The van der Waals surface area contributed by atoms with E-state index in [2.05, 4.69) is 69.8 Å². The van der Waals surface area contributed by atoms with Crippen molar-refractivity contribution >= 4 is 48.2 Å². The van der Waals surface area contributed by atoms with Crippen molar-refractivity contribution in [2.75, 3.05) is 13.1 Å². The summed E-state index contributed by atoms with van der Waals surface area (Å²) in [4.78, 5) is 0. The number of nitrogens with two attached hydrogens (primary N) is 1. The summed E-state index contributed by atoms with van der Waals surface area (Å²) in [5.41, 5.74) is 7.60. The van der Waals surface area contributed by atoms with Gasteiger partial charge in [0.2, 0.25) is 0 Å². The predicted octanol–water partition coefficient (Wildman–Crippen LogP) is 4.10. The predicted molar refractivity (Wildman–Crippen MR) is 96.6 cm³/mol. The van der Waals surface area contributed by atoms with Gasteiger partial charge in [-0.25, -0.2) is 0 Å². The van der Waals surface area contributed by atoms with Crippen molar-refractivity contribution in [2.24, 2.45) is 5.73 Å². The van der Waals surface area contributed by atoms with Gasteiger partial charge in [-0.15, -0.1) is 0 Å². The van der Waals surface area contributed by atoms with Crippen LogP contribution in [0, 0.1) is 0 Å². The van der Waals surface area contributed by atoms with Gasteiger partial charge < -0.3 is 11.1 Å². The van der Waals surface area contributed by atoms with Crippen LogP contribution in [0.15, 0.2) is 53.0 Å². The molecule has 0 saturated carbocycles. The summed E-state index contributed by atoms with van der Waals surface area (Å²) in [5, 5.41) is 11.1. The van der Waals surface area contributed by atoms with Crippen molar-refractivity contribution < 1.29 is 0 Å². The maximum atomic E-state index is 6.58. The molecule has 4 aromatic carbocycles. The molecule has 0 atom stereocenters. The lowest BCUT2D eigenvalue weighted by molar-refractivity contribution is 0.289. The molecule has 0 radical (unpaired) electrons. The van der Waals surface area contributed by atoms with E-state index in [-0.39, 0.29) is 5.54 Å². The Morgan fingerprint density at radius 1 is 0.818 bits per heavy atom. The lowest BCUT2D eigenvalue weighted by atomic mass is 9.80. The summed E-state index contributed by atoms with van der Waals surface area (Å²) in [5.74, 6) is 0. The molecule has 3 heteroatoms. The van der Waals surface area contributed by atoms with E-state index < -0.39 is 0 Å². The minimum Gasteiger partial charge on any atom is -0.319 e. The van der Waals surface area contributed by atoms with Crippen LogP contribution in [0.1, 0.15) is 5.56 Å². The van der Waals surface area contributed by atoms with E-state index in [4.69, 9.17) is 5.73 Å². The maximum absolute atomic E-state index is 6.58. The Kier molecular flexibility index (Phi) is 2.44. The van der Waals surface area contributed by atoms with Gasteiger partial charge in [0.25, 0.3) is 0 Å². The molecule has 22 heavy (non-hydrogen) atoms. The van der Waals surface area contributed by atoms with Gasteiger partial charge in [0, 0.05) is 17.6 Å². The number of benzene rings is 4. The fourth-order valence-corrected chi connectivity index (χ4v) is 4.25. The fraction of sp³-hybridized carbons (Fsp3) is 0.158. The normalized spacial score (nSPS) is 17.4. The van der Waals surface area contributed by atoms with Crippen molar-refractivity contribution in [3.8, 4) is 0 Å². The van der Waals surface area contributed by atoms with E-state index in [9.17, 15) is 0 Å². The van der Waals surface area contributed by atoms with E-state index >= 15 is 0 Å². The Labute approximate surface area is 136 Å². The number of nitrogens with one attached hydrogen (secondary N) is 1. The second-order valence-corrected chi connectivity index (χ2v) is 7.20. The molecule has 108 valence electrons. The SMILES string of the molecule is NC1(c2ccc3ccc4c(Br)ccc5ccc2c3c54)CNC1. The monoisotopic (exact) mass is 350 g/mol. The van der Waals surface area contributed by atoms with Crippen LogP contribution in [0.25, 0.3) is 32.3 Å². The molecule has 0 aromatic heterocycles. The number of halogens is 1. The van der Waals surface area contributed by atoms with Gasteiger partial charge in [-0.1, -0.05) is 58.4 Å². The summed E-state index contributed by atoms with van der Waals surface area (Å²) in [7, 11) is 0. The van der Waals surface area contributed by atoms with Gasteiger partial charge >= 0.3 is 0 Å². The number of rotatable bonds is 1. The number of hydrogen-bond acceptors (Lipinski definition) is 2. The van der Waals surface area contributed by atoms with Crippen LogP contribution < -0.4 is 11.1 Å². The second kappa shape index (κ2) is 4.19. The largest absolute Gasteiger partial charge is 0.319 e. The quantitative estimate of drug-likeness (QED) is 0.507. The Balaban J connectivity index is 2.02. The molecule has 1 fully saturated rings. The van der Waals surface area contributed by atoms with Crippen LogP contribution in [0.5, 0.6) is 0 Å². The van der Waals surface area contributed by atoms with Crippen LogP contribution in [-0.4, -0.2) is 13.1 Å². The molecule has 0 bridgehead atoms. The van der Waals surface area contributed by atoms with Crippen LogP contribution in [0.4, 0.5) is 0 Å². The molecule has 5 rings (SSSR count). The molecule has 1 heterocycles. The smallest absolute Gasteiger partial charge is 0.0668 e. The molecule has 1 aliphatic rings. The summed E-state index contributed by atoms with van der Waals surface area (Å²) < 4.78 is 1.15. The van der Waals surface area contributed by atoms with E-state index in [1.54, 1.807) is 0 Å². The lowest BCUT2D eigenvalue weighted by Gasteiger charge is -2.40. The highest BCUT2D eigenvalue weighted by molar-refractivity contribution is 9.10. The third kappa shape index (κ3) is 1.51. The lowest BCUT2D eigenvalue weighted by Crippen LogP contribution is -2.62. The summed E-state index contributed by atoms with van der Waals surface area (Å²) in [6, 6.07) is 17.6. The first kappa shape index (κ1) is 12.8. The molecule has 2 nitrogen and oxygen atoms in total. The van der Waals surface area contributed by atoms with Gasteiger partial charge in [0.1, 0.15) is 0 Å². The first-order valence-corrected chi connectivity index (χ1v) is 8.33. The van der Waals surface area contributed by atoms with Gasteiger partial charge in [0.05, 0.1) is 5.54 Å². The van der Waals surface area contributed by atoms with Gasteiger partial charge in [0.15, 0.2) is 0 Å². The Morgan fingerprint density at radius 2 is 1.41 bits per heavy atom. The molecule has 3 N–H and O–H groups in total. The molecule has 4 aromatic rings. The molecular formula is C19H15BrN2. The average molecular weight is 351 g/mol. The van der Waals surface area contributed by atoms with Crippen LogP contribution >= 0.6 is 15.9 Å². The van der Waals surface area contributed by atoms with Crippen LogP contribution in [0.2, 0.25) is 0 Å². The third-order valence-corrected chi connectivity index (χ3v) is 5.72. The van der Waals surface area contributed by atoms with Crippen molar-refractivity contribution in [1.29, 1.82) is 0 Å². The van der Waals surface area contributed by atoms with Crippen molar-refractivity contribution in [1.82, 2.24) is 5.32 Å². The summed E-state index contributed by atoms with van der Waals surface area (Å²) >= 11 is 3.69. The second-order valence-electron chi connectivity index (χ2n) is 6.34. The first-order chi connectivity index (χ1) is 10.7. The minimum atomic E-state index is -0.237. The molecule has 1 aliphatic heterocycles. The van der Waals surface area contributed by atoms with Crippen LogP contribution in [0.3, 0.4) is 0 Å². The van der Waals surface area contributed by atoms with E-state index in [0.29, 0.717) is 0 Å². The molecular weight excluding hydrogens is 336 g/mol. The average Bonchev–Trinajstić information content (AvgIpc) is 2.52. The molecule has 0 spiro atoms. The standard InChI is InChI=1S/C19H15BrN2/c20-16-8-4-12-1-5-13-15(19(21)9-22-10-19)7-3-11-2-6-14(16)18(12)17(11)13/h1-8,22H,9-10,21H2. The molecule has 0 unspecified atom stereocenters. The molecule has 0 aliphatic carbocycles. The zero-order valence-electron chi connectivity index (χ0n) is 12.0. The van der Waals surface area contributed by atoms with Gasteiger partial charge in [-0.2, -0.15) is 0 Å². The van der Waals surface area contributed by atoms with Gasteiger partial charge in [-0.05, 0) is 43.9 Å². The van der Waals surface area contributed by atoms with Crippen molar-refractivity contribution in [3.05, 3.63) is 58.6 Å². The fourth-order valence-electron chi connectivity index (χ4n) is 3.78. The molecule has 1 saturated heterocycles. The summed E-state index contributed by atoms with van der Waals surface area (Å²) in [6.07, 6.45) is 0. The number of hydrogen-bond donors (Lipinski definition) is 2. The highest BCUT2D eigenvalue weighted by atomic mass is 79.9. The zero-order valence-corrected chi connectivity index (χ0v) is 13.6. The van der Waals surface area contributed by atoms with Crippen LogP contribution in [-0.2, 0) is 5.54 Å². The highest BCUT2D eigenvalue weighted by Gasteiger charge is 2.35. The Morgan fingerprint density at radius 3 is 2.09 bits per heavy atom. The third-order valence-electron chi connectivity index (χ3n) is 5.03. The van der Waals surface area contributed by atoms with E-state index in [1.807, 2.05) is 0 Å². The topological polar surface area (TPSA) is 38.0 Å². The van der Waals surface area contributed by atoms with Crippen molar-refractivity contribution in [2.45, 2.75) is 5.54 Å². The molecule has 0 amide bonds. The minimum absolute atomic E-state index is 0.237. The first-order valence-electron chi connectivity index (χ1n) is 7.53. The zero-order chi connectivity index (χ0) is 14.9. The van der Waals surface area contributed by atoms with E-state index in [1.165, 1.54) is 37.9 Å². The Bertz CT molecular complexity index is 1030.